The van der Waals surface area contributed by atoms with Crippen molar-refractivity contribution in [1.82, 2.24) is 14.1 Å². The van der Waals surface area contributed by atoms with Gasteiger partial charge in [-0.05, 0) is 24.3 Å². The number of anilines is 1. The zero-order chi connectivity index (χ0) is 19.8. The summed E-state index contributed by atoms with van der Waals surface area (Å²) in [5.74, 6) is 0.811. The highest BCUT2D eigenvalue weighted by Gasteiger charge is 2.35. The largest absolute Gasteiger partial charge is 0.497 e. The Kier molecular flexibility index (Phi) is 5.22. The molecule has 0 spiro atoms. The second-order valence-electron chi connectivity index (χ2n) is 7.85. The predicted molar refractivity (Wildman–Crippen MR) is 106 cm³/mol. The number of methoxy groups -OCH3 is 1. The lowest BCUT2D eigenvalue weighted by Crippen LogP contribution is -2.48. The molecule has 0 unspecified atom stereocenters. The molecule has 1 fully saturated rings. The summed E-state index contributed by atoms with van der Waals surface area (Å²) < 4.78 is 34.8. The fourth-order valence-corrected chi connectivity index (χ4v) is 5.09. The maximum atomic E-state index is 13.2. The van der Waals surface area contributed by atoms with E-state index in [1.165, 1.54) is 0 Å². The van der Waals surface area contributed by atoms with Crippen molar-refractivity contribution in [2.24, 2.45) is 7.05 Å². The van der Waals surface area contributed by atoms with Crippen LogP contribution in [0.2, 0.25) is 0 Å². The van der Waals surface area contributed by atoms with E-state index in [1.54, 1.807) is 29.3 Å². The molecule has 148 valence electrons. The van der Waals surface area contributed by atoms with Gasteiger partial charge in [-0.2, -0.15) is 9.40 Å². The van der Waals surface area contributed by atoms with E-state index in [-0.39, 0.29) is 5.41 Å². The number of aryl methyl sites for hydroxylation is 1. The molecule has 0 N–H and O–H groups in total. The number of aromatic nitrogens is 2. The van der Waals surface area contributed by atoms with Crippen molar-refractivity contribution in [2.75, 3.05) is 38.2 Å². The van der Waals surface area contributed by atoms with Crippen LogP contribution in [0.25, 0.3) is 0 Å². The molecule has 1 aliphatic heterocycles. The van der Waals surface area contributed by atoms with Gasteiger partial charge in [0.15, 0.2) is 0 Å². The minimum absolute atomic E-state index is 0.315. The number of hydrogen-bond donors (Lipinski definition) is 0. The molecule has 1 aliphatic rings. The first kappa shape index (κ1) is 19.7. The van der Waals surface area contributed by atoms with E-state index in [9.17, 15) is 8.42 Å². The summed E-state index contributed by atoms with van der Waals surface area (Å²) in [5.41, 5.74) is 1.35. The van der Waals surface area contributed by atoms with Crippen LogP contribution in [0.4, 0.5) is 5.69 Å². The first-order chi connectivity index (χ1) is 12.6. The molecule has 3 rings (SSSR count). The number of ether oxygens (including phenoxy) is 1. The fourth-order valence-electron chi connectivity index (χ4n) is 3.29. The monoisotopic (exact) mass is 392 g/mol. The molecule has 2 heterocycles. The lowest BCUT2D eigenvalue weighted by Gasteiger charge is -2.35. The summed E-state index contributed by atoms with van der Waals surface area (Å²) in [7, 11) is -0.166. The average Bonchev–Trinajstić information content (AvgIpc) is 3.05. The van der Waals surface area contributed by atoms with Gasteiger partial charge in [0, 0.05) is 50.5 Å². The maximum Gasteiger partial charge on any atom is 0.246 e. The van der Waals surface area contributed by atoms with E-state index < -0.39 is 10.0 Å². The maximum absolute atomic E-state index is 13.2. The Balaban J connectivity index is 1.77. The summed E-state index contributed by atoms with van der Waals surface area (Å²) in [6.07, 6.45) is 1.62. The Morgan fingerprint density at radius 3 is 2.15 bits per heavy atom. The van der Waals surface area contributed by atoms with Crippen molar-refractivity contribution in [3.8, 4) is 5.75 Å². The van der Waals surface area contributed by atoms with Gasteiger partial charge in [0.2, 0.25) is 10.0 Å². The highest BCUT2D eigenvalue weighted by Crippen LogP contribution is 2.30. The van der Waals surface area contributed by atoms with Crippen LogP contribution in [0, 0.1) is 0 Å². The van der Waals surface area contributed by atoms with Gasteiger partial charge in [-0.3, -0.25) is 4.68 Å². The zero-order valence-corrected chi connectivity index (χ0v) is 17.5. The summed E-state index contributed by atoms with van der Waals surface area (Å²) in [4.78, 5) is 2.51. The molecule has 0 amide bonds. The highest BCUT2D eigenvalue weighted by atomic mass is 32.2. The zero-order valence-electron chi connectivity index (χ0n) is 16.6. The first-order valence-corrected chi connectivity index (χ1v) is 10.5. The molecular weight excluding hydrogens is 364 g/mol. The standard InChI is InChI=1S/C19H28N4O3S/c1-19(2,3)18-17(14-21(4)20-18)27(24,25)23-12-10-22(11-13-23)15-6-8-16(26-5)9-7-15/h6-9,14H,10-13H2,1-5H3. The SMILES string of the molecule is COc1ccc(N2CCN(S(=O)(=O)c3cn(C)nc3C(C)(C)C)CC2)cc1. The van der Waals surface area contributed by atoms with Gasteiger partial charge in [0.05, 0.1) is 12.8 Å². The summed E-state index contributed by atoms with van der Waals surface area (Å²) in [5, 5.41) is 4.41. The molecule has 1 aromatic heterocycles. The first-order valence-electron chi connectivity index (χ1n) is 9.06. The van der Waals surface area contributed by atoms with Gasteiger partial charge in [0.1, 0.15) is 10.6 Å². The van der Waals surface area contributed by atoms with Gasteiger partial charge in [0.25, 0.3) is 0 Å². The fraction of sp³-hybridized carbons (Fsp3) is 0.526. The number of hydrogen-bond acceptors (Lipinski definition) is 5. The van der Waals surface area contributed by atoms with Crippen molar-refractivity contribution >= 4 is 15.7 Å². The molecule has 8 heteroatoms. The van der Waals surface area contributed by atoms with Gasteiger partial charge >= 0.3 is 0 Å². The van der Waals surface area contributed by atoms with E-state index in [4.69, 9.17) is 4.74 Å². The topological polar surface area (TPSA) is 67.7 Å². The molecule has 2 aromatic rings. The molecular formula is C19H28N4O3S. The lowest BCUT2D eigenvalue weighted by molar-refractivity contribution is 0.383. The number of benzene rings is 1. The Bertz CT molecular complexity index is 890. The van der Waals surface area contributed by atoms with Crippen LogP contribution in [0.15, 0.2) is 35.4 Å². The van der Waals surface area contributed by atoms with E-state index in [0.717, 1.165) is 11.4 Å². The molecule has 7 nitrogen and oxygen atoms in total. The van der Waals surface area contributed by atoms with Crippen LogP contribution in [0.3, 0.4) is 0 Å². The quantitative estimate of drug-likeness (QED) is 0.798. The van der Waals surface area contributed by atoms with Crippen molar-refractivity contribution in [3.05, 3.63) is 36.2 Å². The van der Waals surface area contributed by atoms with Crippen LogP contribution >= 0.6 is 0 Å². The summed E-state index contributed by atoms with van der Waals surface area (Å²) in [6.45, 7) is 8.15. The lowest BCUT2D eigenvalue weighted by atomic mass is 9.92. The van der Waals surface area contributed by atoms with E-state index in [2.05, 4.69) is 10.00 Å². The Hall–Kier alpha value is -2.06. The van der Waals surface area contributed by atoms with Crippen molar-refractivity contribution in [2.45, 2.75) is 31.1 Å². The highest BCUT2D eigenvalue weighted by molar-refractivity contribution is 7.89. The van der Waals surface area contributed by atoms with Gasteiger partial charge < -0.3 is 9.64 Å². The van der Waals surface area contributed by atoms with Crippen molar-refractivity contribution < 1.29 is 13.2 Å². The molecule has 0 radical (unpaired) electrons. The molecule has 1 saturated heterocycles. The van der Waals surface area contributed by atoms with Gasteiger partial charge in [-0.25, -0.2) is 8.42 Å². The summed E-state index contributed by atoms with van der Waals surface area (Å²) >= 11 is 0. The second-order valence-corrected chi connectivity index (χ2v) is 9.76. The molecule has 0 saturated carbocycles. The smallest absolute Gasteiger partial charge is 0.246 e. The van der Waals surface area contributed by atoms with Crippen molar-refractivity contribution in [1.29, 1.82) is 0 Å². The van der Waals surface area contributed by atoms with Crippen LogP contribution in [0.1, 0.15) is 26.5 Å². The molecule has 27 heavy (non-hydrogen) atoms. The predicted octanol–water partition coefficient (Wildman–Crippen LogP) is 2.24. The Labute approximate surface area is 161 Å². The third-order valence-corrected chi connectivity index (χ3v) is 6.70. The molecule has 0 bridgehead atoms. The van der Waals surface area contributed by atoms with Crippen LogP contribution in [-0.4, -0.2) is 55.8 Å². The number of sulfonamides is 1. The normalized spacial score (nSPS) is 16.6. The Morgan fingerprint density at radius 1 is 1.04 bits per heavy atom. The van der Waals surface area contributed by atoms with Crippen LogP contribution < -0.4 is 9.64 Å². The molecule has 1 aromatic carbocycles. The van der Waals surface area contributed by atoms with E-state index in [0.29, 0.717) is 36.8 Å². The number of nitrogens with zero attached hydrogens (tertiary/aromatic N) is 4. The van der Waals surface area contributed by atoms with Crippen molar-refractivity contribution in [3.63, 3.8) is 0 Å². The van der Waals surface area contributed by atoms with E-state index >= 15 is 0 Å². The third-order valence-electron chi connectivity index (χ3n) is 4.80. The van der Waals surface area contributed by atoms with Gasteiger partial charge in [-0.15, -0.1) is 0 Å². The van der Waals surface area contributed by atoms with Gasteiger partial charge in [-0.1, -0.05) is 20.8 Å². The third kappa shape index (κ3) is 3.96. The second kappa shape index (κ2) is 7.16. The minimum atomic E-state index is -3.57. The Morgan fingerprint density at radius 2 is 1.63 bits per heavy atom. The molecule has 0 atom stereocenters. The van der Waals surface area contributed by atoms with E-state index in [1.807, 2.05) is 45.0 Å². The van der Waals surface area contributed by atoms with Crippen LogP contribution in [-0.2, 0) is 22.5 Å². The number of piperazine rings is 1. The average molecular weight is 393 g/mol. The number of rotatable bonds is 4. The minimum Gasteiger partial charge on any atom is -0.497 e. The van der Waals surface area contributed by atoms with Crippen LogP contribution in [0.5, 0.6) is 5.75 Å². The summed E-state index contributed by atoms with van der Waals surface area (Å²) in [6, 6.07) is 7.84. The molecule has 0 aliphatic carbocycles.